The van der Waals surface area contributed by atoms with Crippen LogP contribution in [-0.2, 0) is 0 Å². The molecule has 5 heteroatoms. The smallest absolute Gasteiger partial charge is 0.339 e. The summed E-state index contributed by atoms with van der Waals surface area (Å²) in [7, 11) is 0. The van der Waals surface area contributed by atoms with Gasteiger partial charge in [-0.25, -0.2) is 4.79 Å². The zero-order chi connectivity index (χ0) is 7.56. The second kappa shape index (κ2) is 5.67. The predicted molar refractivity (Wildman–Crippen MR) is 44.4 cm³/mol. The largest absolute Gasteiger partial charge is 0.507 e. The van der Waals surface area contributed by atoms with E-state index < -0.39 is 5.97 Å². The minimum absolute atomic E-state index is 0. The second-order valence-corrected chi connectivity index (χ2v) is 1.82. The summed E-state index contributed by atoms with van der Waals surface area (Å²) < 4.78 is 0. The van der Waals surface area contributed by atoms with Gasteiger partial charge in [0, 0.05) is 18.9 Å². The molecule has 1 aromatic rings. The van der Waals surface area contributed by atoms with Gasteiger partial charge >= 0.3 is 5.97 Å². The zero-order valence-corrected chi connectivity index (χ0v) is 6.61. The Labute approximate surface area is 81.3 Å². The van der Waals surface area contributed by atoms with E-state index in [-0.39, 0.29) is 35.6 Å². The third-order valence-electron chi connectivity index (χ3n) is 1.13. The van der Waals surface area contributed by atoms with E-state index in [4.69, 9.17) is 10.2 Å². The quantitative estimate of drug-likeness (QED) is 0.565. The van der Waals surface area contributed by atoms with Gasteiger partial charge in [-0.3, -0.25) is 0 Å². The predicted octanol–water partition coefficient (Wildman–Crippen LogP) is -0.115. The minimum Gasteiger partial charge on any atom is -0.507 e. The molecule has 61 valence electrons. The number of carboxylic acids is 1. The van der Waals surface area contributed by atoms with Crippen LogP contribution in [-0.4, -0.2) is 40.5 Å². The molecule has 0 saturated heterocycles. The normalized spacial score (nSPS) is 7.67. The fraction of sp³-hybridized carbons (Fsp3) is 0. The molecule has 0 aliphatic carbocycles. The van der Waals surface area contributed by atoms with Crippen molar-refractivity contribution in [1.29, 1.82) is 0 Å². The Morgan fingerprint density at radius 3 is 2.08 bits per heavy atom. The Balaban J connectivity index is 0. The first kappa shape index (κ1) is 13.6. The number of phenols is 1. The standard InChI is InChI=1S/C7H6O3.Li.H2O/c8-6-4-2-1-3-5(6)7(9)10;;/h1-4,8H,(H,9,10);;1H2. The molecule has 0 amide bonds. The molecule has 0 atom stereocenters. The van der Waals surface area contributed by atoms with Gasteiger partial charge in [-0.15, -0.1) is 0 Å². The van der Waals surface area contributed by atoms with Gasteiger partial charge in [-0.05, 0) is 12.1 Å². The number of carbonyl (C=O) groups is 1. The van der Waals surface area contributed by atoms with E-state index in [1.807, 2.05) is 0 Å². The fourth-order valence-corrected chi connectivity index (χ4v) is 0.654. The van der Waals surface area contributed by atoms with E-state index in [9.17, 15) is 4.79 Å². The van der Waals surface area contributed by atoms with Crippen LogP contribution in [0.5, 0.6) is 5.75 Å². The van der Waals surface area contributed by atoms with Gasteiger partial charge in [0.15, 0.2) is 0 Å². The van der Waals surface area contributed by atoms with Gasteiger partial charge in [0.05, 0.1) is 0 Å². The van der Waals surface area contributed by atoms with Crippen LogP contribution >= 0.6 is 0 Å². The number of hydrogen-bond donors (Lipinski definition) is 2. The Hall–Kier alpha value is -0.953. The van der Waals surface area contributed by atoms with Gasteiger partial charge < -0.3 is 15.7 Å². The summed E-state index contributed by atoms with van der Waals surface area (Å²) in [5, 5.41) is 17.3. The van der Waals surface area contributed by atoms with Crippen LogP contribution in [0.15, 0.2) is 24.3 Å². The fourth-order valence-electron chi connectivity index (χ4n) is 0.654. The van der Waals surface area contributed by atoms with Crippen molar-refractivity contribution in [2.75, 3.05) is 0 Å². The number of aromatic hydroxyl groups is 1. The van der Waals surface area contributed by atoms with Gasteiger partial charge in [0.25, 0.3) is 0 Å². The van der Waals surface area contributed by atoms with Crippen molar-refractivity contribution in [3.63, 3.8) is 0 Å². The molecule has 1 rings (SSSR count). The van der Waals surface area contributed by atoms with Crippen LogP contribution < -0.4 is 0 Å². The first-order valence-corrected chi connectivity index (χ1v) is 2.73. The first-order valence-electron chi connectivity index (χ1n) is 2.73. The van der Waals surface area contributed by atoms with E-state index in [1.165, 1.54) is 12.1 Å². The molecule has 0 unspecified atom stereocenters. The topological polar surface area (TPSA) is 89.0 Å². The van der Waals surface area contributed by atoms with Crippen molar-refractivity contribution in [3.8, 4) is 5.75 Å². The molecule has 0 spiro atoms. The van der Waals surface area contributed by atoms with Crippen molar-refractivity contribution in [1.82, 2.24) is 0 Å². The molecule has 0 bridgehead atoms. The third kappa shape index (κ3) is 2.97. The van der Waals surface area contributed by atoms with Gasteiger partial charge in [0.1, 0.15) is 11.3 Å². The summed E-state index contributed by atoms with van der Waals surface area (Å²) in [6, 6.07) is 5.81. The van der Waals surface area contributed by atoms with Gasteiger partial charge in [0.2, 0.25) is 0 Å². The molecule has 0 heterocycles. The number of benzene rings is 1. The number of rotatable bonds is 1. The van der Waals surface area contributed by atoms with Gasteiger partial charge in [-0.2, -0.15) is 0 Å². The van der Waals surface area contributed by atoms with Crippen molar-refractivity contribution in [2.24, 2.45) is 0 Å². The van der Waals surface area contributed by atoms with Crippen LogP contribution in [0, 0.1) is 0 Å². The van der Waals surface area contributed by atoms with E-state index >= 15 is 0 Å². The Bertz CT molecular complexity index is 261. The summed E-state index contributed by atoms with van der Waals surface area (Å²) in [6.07, 6.45) is 0. The van der Waals surface area contributed by atoms with E-state index in [1.54, 1.807) is 12.1 Å². The number of hydrogen-bond acceptors (Lipinski definition) is 2. The maximum Gasteiger partial charge on any atom is 0.339 e. The van der Waals surface area contributed by atoms with Crippen molar-refractivity contribution in [2.45, 2.75) is 0 Å². The molecule has 4 N–H and O–H groups in total. The Morgan fingerprint density at radius 2 is 1.75 bits per heavy atom. The molecule has 0 fully saturated rings. The van der Waals surface area contributed by atoms with E-state index in [0.717, 1.165) is 0 Å². The number of carboxylic acid groups (broad SMARTS) is 1. The average Bonchev–Trinajstić information content (AvgIpc) is 1.88. The van der Waals surface area contributed by atoms with Crippen molar-refractivity contribution < 1.29 is 20.5 Å². The molecule has 0 aliphatic heterocycles. The van der Waals surface area contributed by atoms with Crippen LogP contribution in [0.25, 0.3) is 0 Å². The molecular formula is C7H8LiO4. The Morgan fingerprint density at radius 1 is 1.25 bits per heavy atom. The summed E-state index contributed by atoms with van der Waals surface area (Å²) >= 11 is 0. The van der Waals surface area contributed by atoms with Crippen LogP contribution in [0.2, 0.25) is 0 Å². The van der Waals surface area contributed by atoms with Crippen LogP contribution in [0.4, 0.5) is 0 Å². The Kier molecular flexibility index (Phi) is 6.43. The van der Waals surface area contributed by atoms with Gasteiger partial charge in [-0.1, -0.05) is 12.1 Å². The van der Waals surface area contributed by atoms with Crippen molar-refractivity contribution >= 4 is 24.8 Å². The molecule has 0 saturated carbocycles. The van der Waals surface area contributed by atoms with E-state index in [2.05, 4.69) is 0 Å². The molecule has 1 aromatic carbocycles. The molecule has 0 aromatic heterocycles. The minimum atomic E-state index is -1.11. The maximum absolute atomic E-state index is 10.3. The van der Waals surface area contributed by atoms with Crippen molar-refractivity contribution in [3.05, 3.63) is 29.8 Å². The molecule has 1 radical (unpaired) electrons. The summed E-state index contributed by atoms with van der Waals surface area (Å²) in [5.74, 6) is -1.31. The third-order valence-corrected chi connectivity index (χ3v) is 1.13. The zero-order valence-electron chi connectivity index (χ0n) is 6.61. The SMILES string of the molecule is O.O=C(O)c1ccccc1O.[Li]. The summed E-state index contributed by atoms with van der Waals surface area (Å²) in [5.41, 5.74) is -0.0671. The number of aromatic carboxylic acids is 1. The first-order chi connectivity index (χ1) is 4.72. The molecule has 12 heavy (non-hydrogen) atoms. The molecule has 0 aliphatic rings. The van der Waals surface area contributed by atoms with E-state index in [0.29, 0.717) is 0 Å². The maximum atomic E-state index is 10.3. The average molecular weight is 163 g/mol. The van der Waals surface area contributed by atoms with Crippen LogP contribution in [0.1, 0.15) is 10.4 Å². The monoisotopic (exact) mass is 163 g/mol. The van der Waals surface area contributed by atoms with Crippen LogP contribution in [0.3, 0.4) is 0 Å². The summed E-state index contributed by atoms with van der Waals surface area (Å²) in [6.45, 7) is 0. The number of para-hydroxylation sites is 1. The molecular weight excluding hydrogens is 155 g/mol. The second-order valence-electron chi connectivity index (χ2n) is 1.82. The molecule has 4 nitrogen and oxygen atoms in total. The summed E-state index contributed by atoms with van der Waals surface area (Å²) in [4.78, 5) is 10.3.